The van der Waals surface area contributed by atoms with Crippen LogP contribution < -0.4 is 5.32 Å². The molecule has 7 heteroatoms. The number of nitrogens with one attached hydrogen (secondary N) is 1. The first-order valence-corrected chi connectivity index (χ1v) is 6.12. The Morgan fingerprint density at radius 2 is 2.21 bits per heavy atom. The lowest BCUT2D eigenvalue weighted by Crippen LogP contribution is -2.07. The van der Waals surface area contributed by atoms with Crippen molar-refractivity contribution in [2.45, 2.75) is 13.5 Å². The van der Waals surface area contributed by atoms with Crippen LogP contribution in [0.3, 0.4) is 0 Å². The largest absolute Gasteiger partial charge is 0.363 e. The molecule has 0 fully saturated rings. The Balaban J connectivity index is 1.92. The van der Waals surface area contributed by atoms with Gasteiger partial charge in [-0.1, -0.05) is 0 Å². The number of aromatic nitrogens is 5. The summed E-state index contributed by atoms with van der Waals surface area (Å²) in [5.74, 6) is 0.687. The van der Waals surface area contributed by atoms with Gasteiger partial charge in [0.05, 0.1) is 12.2 Å². The van der Waals surface area contributed by atoms with Crippen LogP contribution in [0.2, 0.25) is 5.28 Å². The summed E-state index contributed by atoms with van der Waals surface area (Å²) in [6, 6.07) is 5.76. The SMILES string of the molecule is Cc1ccc2c(NCc3ccncn3)nc(Cl)nn12. The van der Waals surface area contributed by atoms with Crippen LogP contribution >= 0.6 is 11.6 Å². The van der Waals surface area contributed by atoms with Gasteiger partial charge in [-0.2, -0.15) is 4.98 Å². The van der Waals surface area contributed by atoms with Crippen molar-refractivity contribution in [3.8, 4) is 0 Å². The highest BCUT2D eigenvalue weighted by atomic mass is 35.5. The molecule has 0 bridgehead atoms. The molecule has 0 aliphatic rings. The monoisotopic (exact) mass is 274 g/mol. The molecule has 0 aromatic carbocycles. The summed E-state index contributed by atoms with van der Waals surface area (Å²) in [5, 5.41) is 7.57. The van der Waals surface area contributed by atoms with Crippen molar-refractivity contribution in [3.05, 3.63) is 47.4 Å². The first kappa shape index (κ1) is 11.9. The number of nitrogens with zero attached hydrogens (tertiary/aromatic N) is 5. The summed E-state index contributed by atoms with van der Waals surface area (Å²) >= 11 is 5.93. The van der Waals surface area contributed by atoms with Gasteiger partial charge in [-0.05, 0) is 36.7 Å². The van der Waals surface area contributed by atoms with Gasteiger partial charge >= 0.3 is 0 Å². The van der Waals surface area contributed by atoms with E-state index in [0.717, 1.165) is 16.9 Å². The van der Waals surface area contributed by atoms with E-state index >= 15 is 0 Å². The normalized spacial score (nSPS) is 10.8. The Labute approximate surface area is 114 Å². The number of rotatable bonds is 3. The summed E-state index contributed by atoms with van der Waals surface area (Å²) in [6.45, 7) is 2.51. The van der Waals surface area contributed by atoms with Crippen LogP contribution in [0.4, 0.5) is 5.82 Å². The fourth-order valence-electron chi connectivity index (χ4n) is 1.82. The molecule has 19 heavy (non-hydrogen) atoms. The van der Waals surface area contributed by atoms with Crippen LogP contribution in [0.15, 0.2) is 30.7 Å². The molecule has 0 saturated heterocycles. The average molecular weight is 275 g/mol. The molecule has 0 aliphatic heterocycles. The van der Waals surface area contributed by atoms with Crippen LogP contribution in [0, 0.1) is 6.92 Å². The van der Waals surface area contributed by atoms with E-state index in [1.54, 1.807) is 10.7 Å². The first-order valence-electron chi connectivity index (χ1n) is 5.75. The van der Waals surface area contributed by atoms with Gasteiger partial charge in [0.25, 0.3) is 0 Å². The smallest absolute Gasteiger partial charge is 0.243 e. The minimum Gasteiger partial charge on any atom is -0.363 e. The zero-order valence-corrected chi connectivity index (χ0v) is 11.0. The summed E-state index contributed by atoms with van der Waals surface area (Å²) < 4.78 is 1.76. The van der Waals surface area contributed by atoms with Crippen molar-refractivity contribution in [2.24, 2.45) is 0 Å². The molecule has 3 rings (SSSR count). The van der Waals surface area contributed by atoms with E-state index in [9.17, 15) is 0 Å². The fraction of sp³-hybridized carbons (Fsp3) is 0.167. The Hall–Kier alpha value is -2.21. The number of fused-ring (bicyclic) bond motifs is 1. The van der Waals surface area contributed by atoms with Gasteiger partial charge in [0.2, 0.25) is 5.28 Å². The molecule has 0 unspecified atom stereocenters. The number of anilines is 1. The minimum atomic E-state index is 0.206. The first-order chi connectivity index (χ1) is 9.24. The van der Waals surface area contributed by atoms with Gasteiger partial charge in [0.15, 0.2) is 5.82 Å². The second-order valence-electron chi connectivity index (χ2n) is 4.06. The molecule has 0 saturated carbocycles. The van der Waals surface area contributed by atoms with Crippen molar-refractivity contribution < 1.29 is 0 Å². The van der Waals surface area contributed by atoms with Gasteiger partial charge in [-0.3, -0.25) is 0 Å². The Bertz CT molecular complexity index is 709. The van der Waals surface area contributed by atoms with Gasteiger partial charge in [0, 0.05) is 11.9 Å². The zero-order valence-electron chi connectivity index (χ0n) is 10.2. The van der Waals surface area contributed by atoms with Gasteiger partial charge in [-0.25, -0.2) is 14.5 Å². The predicted octanol–water partition coefficient (Wildman–Crippen LogP) is 2.09. The summed E-state index contributed by atoms with van der Waals surface area (Å²) in [4.78, 5) is 12.2. The van der Waals surface area contributed by atoms with Gasteiger partial charge < -0.3 is 5.32 Å². The molecule has 3 aromatic heterocycles. The van der Waals surface area contributed by atoms with Crippen LogP contribution in [0.25, 0.3) is 5.52 Å². The molecular weight excluding hydrogens is 264 g/mol. The van der Waals surface area contributed by atoms with Crippen molar-refractivity contribution in [1.82, 2.24) is 24.6 Å². The molecule has 6 nitrogen and oxygen atoms in total. The number of aryl methyl sites for hydroxylation is 1. The number of hydrogen-bond acceptors (Lipinski definition) is 5. The summed E-state index contributed by atoms with van der Waals surface area (Å²) in [6.07, 6.45) is 3.22. The van der Waals surface area contributed by atoms with E-state index in [1.165, 1.54) is 6.33 Å². The highest BCUT2D eigenvalue weighted by Gasteiger charge is 2.08. The minimum absolute atomic E-state index is 0.206. The number of halogens is 1. The van der Waals surface area contributed by atoms with Crippen LogP contribution in [0.5, 0.6) is 0 Å². The molecule has 1 N–H and O–H groups in total. The predicted molar refractivity (Wildman–Crippen MR) is 72.1 cm³/mol. The molecule has 0 atom stereocenters. The molecule has 0 spiro atoms. The van der Waals surface area contributed by atoms with Crippen LogP contribution in [-0.2, 0) is 6.54 Å². The molecule has 0 radical (unpaired) electrons. The Morgan fingerprint density at radius 3 is 3.00 bits per heavy atom. The summed E-state index contributed by atoms with van der Waals surface area (Å²) in [5.41, 5.74) is 2.77. The maximum absolute atomic E-state index is 5.93. The molecule has 3 aromatic rings. The number of hydrogen-bond donors (Lipinski definition) is 1. The van der Waals surface area contributed by atoms with E-state index in [4.69, 9.17) is 11.6 Å². The average Bonchev–Trinajstić information content (AvgIpc) is 2.79. The zero-order chi connectivity index (χ0) is 13.2. The van der Waals surface area contributed by atoms with E-state index in [0.29, 0.717) is 12.4 Å². The second-order valence-corrected chi connectivity index (χ2v) is 4.39. The molecule has 0 aliphatic carbocycles. The standard InChI is InChI=1S/C12H11ClN6/c1-8-2-3-10-11(17-12(13)18-19(8)10)15-6-9-4-5-14-7-16-9/h2-5,7H,6H2,1H3,(H,15,17,18). The van der Waals surface area contributed by atoms with E-state index in [2.05, 4.69) is 25.4 Å². The maximum Gasteiger partial charge on any atom is 0.243 e. The van der Waals surface area contributed by atoms with Crippen molar-refractivity contribution >= 4 is 22.9 Å². The molecule has 3 heterocycles. The van der Waals surface area contributed by atoms with Crippen LogP contribution in [0.1, 0.15) is 11.4 Å². The molecular formula is C12H11ClN6. The quantitative estimate of drug-likeness (QED) is 0.792. The fourth-order valence-corrected chi connectivity index (χ4v) is 1.98. The van der Waals surface area contributed by atoms with Gasteiger partial charge in [-0.15, -0.1) is 5.10 Å². The second kappa shape index (κ2) is 4.81. The van der Waals surface area contributed by atoms with Gasteiger partial charge in [0.1, 0.15) is 11.8 Å². The molecule has 0 amide bonds. The lowest BCUT2D eigenvalue weighted by atomic mass is 10.4. The van der Waals surface area contributed by atoms with E-state index in [1.807, 2.05) is 25.1 Å². The third-order valence-electron chi connectivity index (χ3n) is 2.75. The van der Waals surface area contributed by atoms with Crippen molar-refractivity contribution in [3.63, 3.8) is 0 Å². The summed E-state index contributed by atoms with van der Waals surface area (Å²) in [7, 11) is 0. The third kappa shape index (κ3) is 2.34. The third-order valence-corrected chi connectivity index (χ3v) is 2.91. The Kier molecular flexibility index (Phi) is 3.00. The van der Waals surface area contributed by atoms with E-state index in [-0.39, 0.29) is 5.28 Å². The van der Waals surface area contributed by atoms with Crippen molar-refractivity contribution in [1.29, 1.82) is 0 Å². The van der Waals surface area contributed by atoms with E-state index < -0.39 is 0 Å². The lowest BCUT2D eigenvalue weighted by molar-refractivity contribution is 0.868. The lowest BCUT2D eigenvalue weighted by Gasteiger charge is -2.07. The highest BCUT2D eigenvalue weighted by Crippen LogP contribution is 2.18. The maximum atomic E-state index is 5.93. The van der Waals surface area contributed by atoms with Crippen molar-refractivity contribution in [2.75, 3.05) is 5.32 Å². The van der Waals surface area contributed by atoms with Crippen LogP contribution in [-0.4, -0.2) is 24.6 Å². The molecule has 96 valence electrons. The topological polar surface area (TPSA) is 68.0 Å². The highest BCUT2D eigenvalue weighted by molar-refractivity contribution is 6.28. The Morgan fingerprint density at radius 1 is 1.32 bits per heavy atom.